The number of ether oxygens (including phenoxy) is 2. The number of carbonyl (C=O) groups is 1. The third-order valence-corrected chi connectivity index (χ3v) is 7.88. The molecule has 0 aliphatic carbocycles. The van der Waals surface area contributed by atoms with Crippen molar-refractivity contribution in [2.45, 2.75) is 19.2 Å². The number of aromatic nitrogens is 4. The molecule has 1 aromatic carbocycles. The van der Waals surface area contributed by atoms with Crippen molar-refractivity contribution in [2.24, 2.45) is 0 Å². The number of urea groups is 1. The van der Waals surface area contributed by atoms with Gasteiger partial charge < -0.3 is 25.4 Å². The van der Waals surface area contributed by atoms with Gasteiger partial charge in [-0.25, -0.2) is 19.7 Å². The average molecular weight is 573 g/mol. The van der Waals surface area contributed by atoms with Gasteiger partial charge in [-0.15, -0.1) is 11.3 Å². The van der Waals surface area contributed by atoms with Gasteiger partial charge in [-0.1, -0.05) is 6.07 Å². The zero-order chi connectivity index (χ0) is 27.9. The fourth-order valence-electron chi connectivity index (χ4n) is 4.63. The van der Waals surface area contributed by atoms with E-state index in [1.54, 1.807) is 23.7 Å². The van der Waals surface area contributed by atoms with Gasteiger partial charge in [-0.2, -0.15) is 0 Å². The van der Waals surface area contributed by atoms with E-state index in [1.165, 1.54) is 4.88 Å². The Balaban J connectivity index is 1.19. The predicted octanol–water partition coefficient (Wildman–Crippen LogP) is 3.48. The van der Waals surface area contributed by atoms with Crippen LogP contribution in [-0.4, -0.2) is 76.9 Å². The van der Waals surface area contributed by atoms with E-state index in [0.717, 1.165) is 55.4 Å². The fourth-order valence-corrected chi connectivity index (χ4v) is 5.62. The Hall–Kier alpha value is -3.81. The van der Waals surface area contributed by atoms with Gasteiger partial charge in [0.15, 0.2) is 17.5 Å². The van der Waals surface area contributed by atoms with Crippen LogP contribution in [0.1, 0.15) is 22.4 Å². The molecule has 0 saturated carbocycles. The summed E-state index contributed by atoms with van der Waals surface area (Å²) in [5.41, 5.74) is 2.42. The van der Waals surface area contributed by atoms with Crippen molar-refractivity contribution in [3.63, 3.8) is 0 Å². The number of anilines is 1. The molecule has 4 aromatic rings. The lowest BCUT2D eigenvalue weighted by atomic mass is 10.2. The second-order valence-corrected chi connectivity index (χ2v) is 11.0. The van der Waals surface area contributed by atoms with Crippen LogP contribution in [0.3, 0.4) is 0 Å². The molecule has 212 valence electrons. The summed E-state index contributed by atoms with van der Waals surface area (Å²) in [7, 11) is 0. The molecule has 41 heavy (non-hydrogen) atoms. The number of morpholine rings is 2. The van der Waals surface area contributed by atoms with Crippen LogP contribution in [0.25, 0.3) is 22.1 Å². The first-order valence-electron chi connectivity index (χ1n) is 13.7. The first-order chi connectivity index (χ1) is 20.2. The Labute approximate surface area is 242 Å². The molecule has 12 heteroatoms. The summed E-state index contributed by atoms with van der Waals surface area (Å²) >= 11 is 1.70. The van der Waals surface area contributed by atoms with Crippen molar-refractivity contribution >= 4 is 23.1 Å². The number of carbonyl (C=O) groups excluding carboxylic acids is 1. The number of rotatable bonds is 8. The minimum atomic E-state index is -0.293. The number of amides is 2. The lowest BCUT2D eigenvalue weighted by Crippen LogP contribution is -2.35. The van der Waals surface area contributed by atoms with Gasteiger partial charge in [0.05, 0.1) is 24.7 Å². The topological polar surface area (TPSA) is 126 Å². The zero-order valence-electron chi connectivity index (χ0n) is 22.6. The van der Waals surface area contributed by atoms with Crippen LogP contribution >= 0.6 is 11.3 Å². The fraction of sp³-hybridized carbons (Fsp3) is 0.345. The Morgan fingerprint density at radius 3 is 2.66 bits per heavy atom. The summed E-state index contributed by atoms with van der Waals surface area (Å²) in [6.07, 6.45) is 3.18. The molecule has 2 amide bonds. The Morgan fingerprint density at radius 1 is 1.02 bits per heavy atom. The minimum Gasteiger partial charge on any atom is -0.379 e. The second kappa shape index (κ2) is 13.2. The summed E-state index contributed by atoms with van der Waals surface area (Å²) in [6, 6.07) is 15.2. The highest BCUT2D eigenvalue weighted by Crippen LogP contribution is 2.30. The van der Waals surface area contributed by atoms with Crippen LogP contribution < -0.4 is 16.0 Å². The summed E-state index contributed by atoms with van der Waals surface area (Å²) in [4.78, 5) is 35.6. The maximum absolute atomic E-state index is 12.4. The highest BCUT2D eigenvalue weighted by Gasteiger charge is 2.22. The van der Waals surface area contributed by atoms with E-state index in [-0.39, 0.29) is 12.1 Å². The third-order valence-electron chi connectivity index (χ3n) is 6.81. The maximum Gasteiger partial charge on any atom is 0.319 e. The van der Waals surface area contributed by atoms with Gasteiger partial charge >= 0.3 is 6.03 Å². The van der Waals surface area contributed by atoms with Crippen molar-refractivity contribution in [3.8, 4) is 22.1 Å². The van der Waals surface area contributed by atoms with Crippen LogP contribution in [0.4, 0.5) is 10.5 Å². The molecule has 3 N–H and O–H groups in total. The first kappa shape index (κ1) is 27.4. The van der Waals surface area contributed by atoms with Crippen molar-refractivity contribution in [1.82, 2.24) is 35.5 Å². The largest absolute Gasteiger partial charge is 0.379 e. The van der Waals surface area contributed by atoms with Crippen molar-refractivity contribution < 1.29 is 14.3 Å². The van der Waals surface area contributed by atoms with Crippen LogP contribution in [-0.2, 0) is 22.6 Å². The molecule has 0 radical (unpaired) electrons. The molecule has 5 heterocycles. The van der Waals surface area contributed by atoms with E-state index in [1.807, 2.05) is 36.4 Å². The van der Waals surface area contributed by atoms with E-state index in [0.29, 0.717) is 42.9 Å². The van der Waals surface area contributed by atoms with E-state index < -0.39 is 0 Å². The van der Waals surface area contributed by atoms with Crippen molar-refractivity contribution in [2.75, 3.05) is 51.3 Å². The molecule has 2 aliphatic heterocycles. The van der Waals surface area contributed by atoms with Gasteiger partial charge in [0, 0.05) is 67.8 Å². The SMILES string of the molecule is O=C(NCc1cccnc1)Nc1ccc(-c2nc(-c3ccc(CN4CCOCC4)s3)nc(C3CNCCO3)n2)cc1. The molecule has 2 fully saturated rings. The maximum atomic E-state index is 12.4. The van der Waals surface area contributed by atoms with E-state index in [2.05, 4.69) is 38.0 Å². The molecule has 3 aromatic heterocycles. The Bertz CT molecular complexity index is 1440. The van der Waals surface area contributed by atoms with Crippen LogP contribution in [0.2, 0.25) is 0 Å². The van der Waals surface area contributed by atoms with E-state index >= 15 is 0 Å². The van der Waals surface area contributed by atoms with E-state index in [4.69, 9.17) is 24.4 Å². The standard InChI is InChI=1S/C29H32N8O3S/c38-29(32-17-20-2-1-9-30-16-20)33-22-5-3-21(4-6-22)26-34-27(24-18-31-10-13-40-24)36-28(35-26)25-8-7-23(41-25)19-37-11-14-39-15-12-37/h1-9,16,24,31H,10-15,17-19H2,(H2,32,33,38). The molecular formula is C29H32N8O3S. The van der Waals surface area contributed by atoms with E-state index in [9.17, 15) is 4.79 Å². The number of hydrogen-bond donors (Lipinski definition) is 3. The monoisotopic (exact) mass is 572 g/mol. The molecule has 2 saturated heterocycles. The van der Waals surface area contributed by atoms with Gasteiger partial charge in [0.2, 0.25) is 0 Å². The number of pyridine rings is 1. The van der Waals surface area contributed by atoms with Crippen LogP contribution in [0, 0.1) is 0 Å². The second-order valence-electron chi connectivity index (χ2n) is 9.81. The van der Waals surface area contributed by atoms with Crippen LogP contribution in [0.5, 0.6) is 0 Å². The zero-order valence-corrected chi connectivity index (χ0v) is 23.4. The quantitative estimate of drug-likeness (QED) is 0.291. The molecular weight excluding hydrogens is 540 g/mol. The number of benzene rings is 1. The number of thiophene rings is 1. The third kappa shape index (κ3) is 7.29. The normalized spacial score (nSPS) is 17.7. The summed E-state index contributed by atoms with van der Waals surface area (Å²) < 4.78 is 11.5. The van der Waals surface area contributed by atoms with Gasteiger partial charge in [-0.3, -0.25) is 9.88 Å². The molecule has 0 bridgehead atoms. The van der Waals surface area contributed by atoms with Crippen molar-refractivity contribution in [3.05, 3.63) is 77.2 Å². The first-order valence-corrected chi connectivity index (χ1v) is 14.5. The molecule has 6 rings (SSSR count). The lowest BCUT2D eigenvalue weighted by Gasteiger charge is -2.25. The molecule has 11 nitrogen and oxygen atoms in total. The summed E-state index contributed by atoms with van der Waals surface area (Å²) in [6.45, 7) is 6.77. The number of nitrogens with zero attached hydrogens (tertiary/aromatic N) is 5. The Morgan fingerprint density at radius 2 is 1.88 bits per heavy atom. The molecule has 0 spiro atoms. The Kier molecular flexibility index (Phi) is 8.83. The summed E-state index contributed by atoms with van der Waals surface area (Å²) in [5, 5.41) is 9.06. The number of nitrogens with one attached hydrogen (secondary N) is 3. The lowest BCUT2D eigenvalue weighted by molar-refractivity contribution is 0.0221. The predicted molar refractivity (Wildman–Crippen MR) is 156 cm³/mol. The van der Waals surface area contributed by atoms with Crippen molar-refractivity contribution in [1.29, 1.82) is 0 Å². The average Bonchev–Trinajstić information content (AvgIpc) is 3.50. The smallest absolute Gasteiger partial charge is 0.319 e. The van der Waals surface area contributed by atoms with Gasteiger partial charge in [0.1, 0.15) is 6.10 Å². The van der Waals surface area contributed by atoms with Crippen LogP contribution in [0.15, 0.2) is 60.9 Å². The highest BCUT2D eigenvalue weighted by molar-refractivity contribution is 7.15. The molecule has 2 aliphatic rings. The number of hydrogen-bond acceptors (Lipinski definition) is 10. The van der Waals surface area contributed by atoms with Gasteiger partial charge in [0.25, 0.3) is 0 Å². The highest BCUT2D eigenvalue weighted by atomic mass is 32.1. The van der Waals surface area contributed by atoms with Gasteiger partial charge in [-0.05, 0) is 48.0 Å². The molecule has 1 unspecified atom stereocenters. The molecule has 1 atom stereocenters. The minimum absolute atomic E-state index is 0.249. The summed E-state index contributed by atoms with van der Waals surface area (Å²) in [5.74, 6) is 1.81.